The molecule has 1 saturated heterocycles. The fourth-order valence-electron chi connectivity index (χ4n) is 4.10. The fourth-order valence-corrected chi connectivity index (χ4v) is 4.10. The zero-order valence-electron chi connectivity index (χ0n) is 17.2. The number of benzene rings is 2. The number of fused-ring (bicyclic) bond motifs is 1. The molecule has 1 amide bonds. The van der Waals surface area contributed by atoms with Crippen LogP contribution in [0.15, 0.2) is 54.6 Å². The summed E-state index contributed by atoms with van der Waals surface area (Å²) >= 11 is 0. The molecule has 0 spiro atoms. The van der Waals surface area contributed by atoms with Crippen molar-refractivity contribution in [3.63, 3.8) is 0 Å². The largest absolute Gasteiger partial charge is 0.478 e. The number of aromatic carboxylic acids is 1. The zero-order chi connectivity index (χ0) is 21.3. The first-order valence-electron chi connectivity index (χ1n) is 10.2. The summed E-state index contributed by atoms with van der Waals surface area (Å²) in [5.74, 6) is -0.856. The molecule has 1 fully saturated rings. The third kappa shape index (κ3) is 3.85. The van der Waals surface area contributed by atoms with Crippen molar-refractivity contribution < 1.29 is 14.7 Å². The topological polar surface area (TPSA) is 73.7 Å². The minimum absolute atomic E-state index is 0.0898. The summed E-state index contributed by atoms with van der Waals surface area (Å²) in [4.78, 5) is 32.2. The Morgan fingerprint density at radius 1 is 1.07 bits per heavy atom. The summed E-state index contributed by atoms with van der Waals surface area (Å²) in [7, 11) is 1.86. The molecule has 4 rings (SSSR count). The molecule has 1 aromatic heterocycles. The van der Waals surface area contributed by atoms with Gasteiger partial charge < -0.3 is 14.9 Å². The van der Waals surface area contributed by atoms with Crippen LogP contribution in [0.4, 0.5) is 5.69 Å². The van der Waals surface area contributed by atoms with E-state index in [0.29, 0.717) is 0 Å². The van der Waals surface area contributed by atoms with Crippen molar-refractivity contribution in [1.29, 1.82) is 0 Å². The summed E-state index contributed by atoms with van der Waals surface area (Å²) in [6.07, 6.45) is 1.77. The predicted octanol–water partition coefficient (Wildman–Crippen LogP) is 4.05. The Morgan fingerprint density at radius 3 is 2.40 bits per heavy atom. The molecule has 2 heterocycles. The molecule has 3 aromatic rings. The molecule has 1 N–H and O–H groups in total. The molecule has 0 unspecified atom stereocenters. The van der Waals surface area contributed by atoms with Crippen LogP contribution < -0.4 is 4.90 Å². The second-order valence-corrected chi connectivity index (χ2v) is 7.78. The monoisotopic (exact) mass is 403 g/mol. The van der Waals surface area contributed by atoms with E-state index in [4.69, 9.17) is 4.98 Å². The minimum Gasteiger partial charge on any atom is -0.478 e. The quantitative estimate of drug-likeness (QED) is 0.711. The molecule has 1 aliphatic rings. The summed E-state index contributed by atoms with van der Waals surface area (Å²) in [5, 5.41) is 10.2. The van der Waals surface area contributed by atoms with Crippen molar-refractivity contribution in [2.24, 2.45) is 0 Å². The first-order valence-corrected chi connectivity index (χ1v) is 10.2. The number of aromatic nitrogens is 1. The van der Waals surface area contributed by atoms with E-state index in [-0.39, 0.29) is 17.5 Å². The highest BCUT2D eigenvalue weighted by Crippen LogP contribution is 2.34. The van der Waals surface area contributed by atoms with Gasteiger partial charge in [0, 0.05) is 44.1 Å². The number of hydrogen-bond donors (Lipinski definition) is 1. The van der Waals surface area contributed by atoms with Crippen molar-refractivity contribution >= 4 is 28.5 Å². The van der Waals surface area contributed by atoms with Gasteiger partial charge in [-0.05, 0) is 37.1 Å². The number of hydrogen-bond acceptors (Lipinski definition) is 4. The maximum atomic E-state index is 11.7. The lowest BCUT2D eigenvalue weighted by Gasteiger charge is -2.38. The van der Waals surface area contributed by atoms with Gasteiger partial charge in [-0.1, -0.05) is 30.3 Å². The van der Waals surface area contributed by atoms with Gasteiger partial charge >= 0.3 is 5.97 Å². The number of amides is 1. The molecular weight excluding hydrogens is 378 g/mol. The Morgan fingerprint density at radius 2 is 1.77 bits per heavy atom. The van der Waals surface area contributed by atoms with Gasteiger partial charge in [-0.3, -0.25) is 4.79 Å². The molecule has 0 bridgehead atoms. The molecule has 6 heteroatoms. The van der Waals surface area contributed by atoms with Crippen LogP contribution in [0.3, 0.4) is 0 Å². The van der Waals surface area contributed by atoms with E-state index in [1.165, 1.54) is 0 Å². The standard InChI is InChI=1S/C24H25N3O3/c1-16(28)26(2)20-10-12-27(13-11-20)22-15-19-14-18(24(29)30)8-9-21(19)25-23(22)17-6-4-3-5-7-17/h3-9,14-15,20H,10-13H2,1-2H3,(H,29,30). The van der Waals surface area contributed by atoms with Gasteiger partial charge in [0.2, 0.25) is 5.91 Å². The van der Waals surface area contributed by atoms with Gasteiger partial charge in [0.1, 0.15) is 0 Å². The van der Waals surface area contributed by atoms with Crippen molar-refractivity contribution in [3.8, 4) is 11.3 Å². The van der Waals surface area contributed by atoms with Crippen LogP contribution in [0, 0.1) is 0 Å². The van der Waals surface area contributed by atoms with Gasteiger partial charge in [0.15, 0.2) is 0 Å². The van der Waals surface area contributed by atoms with Gasteiger partial charge in [-0.2, -0.15) is 0 Å². The summed E-state index contributed by atoms with van der Waals surface area (Å²) in [5.41, 5.74) is 3.95. The van der Waals surface area contributed by atoms with E-state index < -0.39 is 5.97 Å². The third-order valence-electron chi connectivity index (χ3n) is 5.94. The SMILES string of the molecule is CC(=O)N(C)C1CCN(c2cc3cc(C(=O)O)ccc3nc2-c2ccccc2)CC1. The molecule has 0 aliphatic carbocycles. The third-order valence-corrected chi connectivity index (χ3v) is 5.94. The minimum atomic E-state index is -0.946. The highest BCUT2D eigenvalue weighted by molar-refractivity contribution is 5.96. The molecule has 1 aliphatic heterocycles. The number of nitrogens with zero attached hydrogens (tertiary/aromatic N) is 3. The first-order chi connectivity index (χ1) is 14.4. The molecule has 0 atom stereocenters. The lowest BCUT2D eigenvalue weighted by Crippen LogP contribution is -2.45. The normalized spacial score (nSPS) is 14.7. The van der Waals surface area contributed by atoms with Gasteiger partial charge in [-0.15, -0.1) is 0 Å². The van der Waals surface area contributed by atoms with E-state index >= 15 is 0 Å². The molecular formula is C24H25N3O3. The van der Waals surface area contributed by atoms with Crippen LogP contribution in [0.1, 0.15) is 30.1 Å². The Bertz CT molecular complexity index is 1090. The van der Waals surface area contributed by atoms with Crippen LogP contribution in [0.2, 0.25) is 0 Å². The van der Waals surface area contributed by atoms with Gasteiger partial charge in [0.05, 0.1) is 22.5 Å². The highest BCUT2D eigenvalue weighted by Gasteiger charge is 2.26. The highest BCUT2D eigenvalue weighted by atomic mass is 16.4. The molecule has 30 heavy (non-hydrogen) atoms. The van der Waals surface area contributed by atoms with Crippen LogP contribution in [-0.2, 0) is 4.79 Å². The lowest BCUT2D eigenvalue weighted by molar-refractivity contribution is -0.129. The lowest BCUT2D eigenvalue weighted by atomic mass is 10.00. The molecule has 6 nitrogen and oxygen atoms in total. The van der Waals surface area contributed by atoms with Crippen LogP contribution in [-0.4, -0.2) is 53.0 Å². The number of carbonyl (C=O) groups is 2. The number of carboxylic acid groups (broad SMARTS) is 1. The van der Waals surface area contributed by atoms with E-state index in [1.807, 2.05) is 48.3 Å². The van der Waals surface area contributed by atoms with E-state index in [1.54, 1.807) is 25.1 Å². The van der Waals surface area contributed by atoms with E-state index in [9.17, 15) is 14.7 Å². The van der Waals surface area contributed by atoms with Gasteiger partial charge in [0.25, 0.3) is 0 Å². The number of anilines is 1. The number of rotatable bonds is 4. The Labute approximate surface area is 175 Å². The average Bonchev–Trinajstić information content (AvgIpc) is 2.78. The van der Waals surface area contributed by atoms with Crippen molar-refractivity contribution in [2.45, 2.75) is 25.8 Å². The molecule has 0 saturated carbocycles. The zero-order valence-corrected chi connectivity index (χ0v) is 17.2. The Balaban J connectivity index is 1.75. The maximum Gasteiger partial charge on any atom is 0.335 e. The molecule has 0 radical (unpaired) electrons. The smallest absolute Gasteiger partial charge is 0.335 e. The number of pyridine rings is 1. The van der Waals surface area contributed by atoms with Crippen LogP contribution >= 0.6 is 0 Å². The second kappa shape index (κ2) is 8.14. The average molecular weight is 403 g/mol. The summed E-state index contributed by atoms with van der Waals surface area (Å²) < 4.78 is 0. The van der Waals surface area contributed by atoms with Crippen molar-refractivity contribution in [1.82, 2.24) is 9.88 Å². The number of piperidine rings is 1. The molecule has 154 valence electrons. The van der Waals surface area contributed by atoms with E-state index in [2.05, 4.69) is 4.90 Å². The summed E-state index contributed by atoms with van der Waals surface area (Å²) in [6.45, 7) is 3.23. The predicted molar refractivity (Wildman–Crippen MR) is 118 cm³/mol. The number of carboxylic acids is 1. The Kier molecular flexibility index (Phi) is 5.40. The fraction of sp³-hybridized carbons (Fsp3) is 0.292. The van der Waals surface area contributed by atoms with Crippen molar-refractivity contribution in [2.75, 3.05) is 25.0 Å². The van der Waals surface area contributed by atoms with Gasteiger partial charge in [-0.25, -0.2) is 9.78 Å². The first kappa shape index (κ1) is 19.9. The summed E-state index contributed by atoms with van der Waals surface area (Å²) in [6, 6.07) is 17.4. The second-order valence-electron chi connectivity index (χ2n) is 7.78. The maximum absolute atomic E-state index is 11.7. The molecule has 2 aromatic carbocycles. The van der Waals surface area contributed by atoms with Crippen LogP contribution in [0.25, 0.3) is 22.2 Å². The van der Waals surface area contributed by atoms with Crippen molar-refractivity contribution in [3.05, 3.63) is 60.2 Å². The van der Waals surface area contributed by atoms with Crippen LogP contribution in [0.5, 0.6) is 0 Å². The number of carbonyl (C=O) groups excluding carboxylic acids is 1. The Hall–Kier alpha value is -3.41. The van der Waals surface area contributed by atoms with E-state index in [0.717, 1.165) is 53.8 Å².